The van der Waals surface area contributed by atoms with E-state index in [0.717, 1.165) is 88.4 Å². The highest BCUT2D eigenvalue weighted by Gasteiger charge is 2.20. The number of benzene rings is 9. The second-order valence-electron chi connectivity index (χ2n) is 14.3. The van der Waals surface area contributed by atoms with E-state index in [2.05, 4.69) is 200 Å². The number of hydrogen-bond donors (Lipinski definition) is 0. The third-order valence-electron chi connectivity index (χ3n) is 11.0. The molecule has 0 unspecified atom stereocenters. The Kier molecular flexibility index (Phi) is 7.21. The zero-order valence-electron chi connectivity index (χ0n) is 29.9. The Morgan fingerprint density at radius 1 is 0.273 bits per heavy atom. The van der Waals surface area contributed by atoms with Crippen molar-refractivity contribution in [2.24, 2.45) is 0 Å². The van der Waals surface area contributed by atoms with E-state index < -0.39 is 0 Å². The smallest absolute Gasteiger partial charge is 0.143 e. The first-order valence-electron chi connectivity index (χ1n) is 18.8. The van der Waals surface area contributed by atoms with Crippen LogP contribution in [0.3, 0.4) is 0 Å². The van der Waals surface area contributed by atoms with Crippen LogP contribution in [0.5, 0.6) is 0 Å². The number of fused-ring (bicyclic) bond motifs is 9. The standard InChI is InChI=1S/C53H33NO/c1-4-15-34(16-5-1)39-30-46(36-19-8-3-9-20-36)52-48(32-39)49-33-40(35-17-6-2-7-18-35)31-47(53(49)55-52)37-21-14-22-38(29-37)50-28-27-45-43-25-11-10-23-41(43)42-24-12-13-26-44(42)51(45)54-50/h1-33H. The zero-order chi connectivity index (χ0) is 36.3. The number of pyridine rings is 1. The molecule has 0 saturated carbocycles. The van der Waals surface area contributed by atoms with E-state index in [9.17, 15) is 0 Å². The zero-order valence-corrected chi connectivity index (χ0v) is 29.9. The lowest BCUT2D eigenvalue weighted by Crippen LogP contribution is -1.90. The van der Waals surface area contributed by atoms with E-state index in [4.69, 9.17) is 9.40 Å². The van der Waals surface area contributed by atoms with Crippen LogP contribution >= 0.6 is 0 Å². The summed E-state index contributed by atoms with van der Waals surface area (Å²) in [6, 6.07) is 71.4. The fourth-order valence-electron chi connectivity index (χ4n) is 8.39. The average Bonchev–Trinajstić information content (AvgIpc) is 3.65. The fraction of sp³-hybridized carbons (Fsp3) is 0. The monoisotopic (exact) mass is 699 g/mol. The van der Waals surface area contributed by atoms with Gasteiger partial charge in [0.1, 0.15) is 11.2 Å². The van der Waals surface area contributed by atoms with Gasteiger partial charge in [0.2, 0.25) is 0 Å². The minimum absolute atomic E-state index is 0.873. The first kappa shape index (κ1) is 31.3. The SMILES string of the molecule is c1ccc(-c2cc(-c3ccccc3)c3oc4c(-c5cccc(-c6ccc7c8ccccc8c8ccccc8c7n6)c5)cc(-c5ccccc5)cc4c3c2)cc1. The molecule has 0 spiro atoms. The molecule has 0 aliphatic carbocycles. The number of nitrogens with zero attached hydrogens (tertiary/aromatic N) is 1. The predicted octanol–water partition coefficient (Wildman–Crippen LogP) is 14.8. The predicted molar refractivity (Wildman–Crippen MR) is 231 cm³/mol. The van der Waals surface area contributed by atoms with Crippen molar-refractivity contribution in [3.8, 4) is 55.8 Å². The Hall–Kier alpha value is -7.29. The fourth-order valence-corrected chi connectivity index (χ4v) is 8.39. The van der Waals surface area contributed by atoms with Crippen LogP contribution in [-0.2, 0) is 0 Å². The summed E-state index contributed by atoms with van der Waals surface area (Å²) in [4.78, 5) is 5.38. The van der Waals surface area contributed by atoms with Crippen molar-refractivity contribution in [1.82, 2.24) is 4.98 Å². The van der Waals surface area contributed by atoms with Gasteiger partial charge in [-0.15, -0.1) is 0 Å². The lowest BCUT2D eigenvalue weighted by atomic mass is 9.92. The summed E-state index contributed by atoms with van der Waals surface area (Å²) < 4.78 is 7.08. The van der Waals surface area contributed by atoms with E-state index >= 15 is 0 Å². The van der Waals surface area contributed by atoms with Crippen LogP contribution in [0.2, 0.25) is 0 Å². The molecule has 2 aromatic heterocycles. The van der Waals surface area contributed by atoms with E-state index in [-0.39, 0.29) is 0 Å². The number of hydrogen-bond acceptors (Lipinski definition) is 2. The minimum atomic E-state index is 0.873. The molecular weight excluding hydrogens is 667 g/mol. The highest BCUT2D eigenvalue weighted by molar-refractivity contribution is 6.24. The first-order valence-corrected chi connectivity index (χ1v) is 18.8. The van der Waals surface area contributed by atoms with Gasteiger partial charge in [-0.25, -0.2) is 4.98 Å². The summed E-state index contributed by atoms with van der Waals surface area (Å²) >= 11 is 0. The highest BCUT2D eigenvalue weighted by atomic mass is 16.3. The van der Waals surface area contributed by atoms with E-state index in [1.165, 1.54) is 21.7 Å². The maximum absolute atomic E-state index is 7.08. The highest BCUT2D eigenvalue weighted by Crippen LogP contribution is 2.45. The molecule has 0 fully saturated rings. The maximum Gasteiger partial charge on any atom is 0.143 e. The van der Waals surface area contributed by atoms with Crippen LogP contribution in [0.4, 0.5) is 0 Å². The molecule has 0 N–H and O–H groups in total. The number of aromatic nitrogens is 1. The van der Waals surface area contributed by atoms with Crippen LogP contribution in [0, 0.1) is 0 Å². The van der Waals surface area contributed by atoms with Gasteiger partial charge >= 0.3 is 0 Å². The maximum atomic E-state index is 7.08. The molecule has 55 heavy (non-hydrogen) atoms. The number of rotatable bonds is 5. The molecule has 0 aliphatic heterocycles. The van der Waals surface area contributed by atoms with Crippen molar-refractivity contribution < 1.29 is 4.42 Å². The first-order chi connectivity index (χ1) is 27.3. The van der Waals surface area contributed by atoms with Gasteiger partial charge in [-0.1, -0.05) is 158 Å². The molecular formula is C53H33NO. The van der Waals surface area contributed by atoms with Crippen molar-refractivity contribution >= 4 is 54.4 Å². The molecule has 0 saturated heterocycles. The summed E-state index contributed by atoms with van der Waals surface area (Å²) in [6.07, 6.45) is 0. The Morgan fingerprint density at radius 3 is 1.29 bits per heavy atom. The van der Waals surface area contributed by atoms with Crippen molar-refractivity contribution in [1.29, 1.82) is 0 Å². The summed E-state index contributed by atoms with van der Waals surface area (Å²) in [6.45, 7) is 0. The van der Waals surface area contributed by atoms with Crippen molar-refractivity contribution in [3.63, 3.8) is 0 Å². The lowest BCUT2D eigenvalue weighted by molar-refractivity contribution is 0.671. The molecule has 2 heterocycles. The Labute approximate surface area is 318 Å². The van der Waals surface area contributed by atoms with Crippen molar-refractivity contribution in [2.45, 2.75) is 0 Å². The van der Waals surface area contributed by atoms with E-state index in [1.54, 1.807) is 0 Å². The third-order valence-corrected chi connectivity index (χ3v) is 11.0. The molecule has 0 radical (unpaired) electrons. The molecule has 9 aromatic carbocycles. The summed E-state index contributed by atoms with van der Waals surface area (Å²) in [7, 11) is 0. The molecule has 11 rings (SSSR count). The second-order valence-corrected chi connectivity index (χ2v) is 14.3. The summed E-state index contributed by atoms with van der Waals surface area (Å²) in [5, 5.41) is 8.21. The van der Waals surface area contributed by atoms with Crippen molar-refractivity contribution in [2.75, 3.05) is 0 Å². The largest absolute Gasteiger partial charge is 0.455 e. The normalized spacial score (nSPS) is 11.6. The average molecular weight is 700 g/mol. The summed E-state index contributed by atoms with van der Waals surface area (Å²) in [5.41, 5.74) is 13.7. The second kappa shape index (κ2) is 12.7. The molecule has 0 bridgehead atoms. The van der Waals surface area contributed by atoms with Gasteiger partial charge < -0.3 is 4.42 Å². The van der Waals surface area contributed by atoms with Gasteiger partial charge in [0, 0.05) is 38.2 Å². The minimum Gasteiger partial charge on any atom is -0.455 e. The molecule has 2 heteroatoms. The van der Waals surface area contributed by atoms with Crippen LogP contribution in [-0.4, -0.2) is 4.98 Å². The van der Waals surface area contributed by atoms with E-state index in [0.29, 0.717) is 0 Å². The van der Waals surface area contributed by atoms with E-state index in [1.807, 2.05) is 0 Å². The number of furan rings is 1. The molecule has 256 valence electrons. The van der Waals surface area contributed by atoms with Gasteiger partial charge in [0.25, 0.3) is 0 Å². The quantitative estimate of drug-likeness (QED) is 0.167. The molecule has 0 atom stereocenters. The molecule has 2 nitrogen and oxygen atoms in total. The van der Waals surface area contributed by atoms with Gasteiger partial charge in [0.15, 0.2) is 0 Å². The summed E-state index contributed by atoms with van der Waals surface area (Å²) in [5.74, 6) is 0. The third kappa shape index (κ3) is 5.22. The van der Waals surface area contributed by atoms with Crippen LogP contribution in [0.15, 0.2) is 205 Å². The van der Waals surface area contributed by atoms with Crippen LogP contribution in [0.1, 0.15) is 0 Å². The van der Waals surface area contributed by atoms with Gasteiger partial charge in [-0.2, -0.15) is 0 Å². The Balaban J connectivity index is 1.16. The van der Waals surface area contributed by atoms with Gasteiger partial charge in [-0.05, 0) is 92.0 Å². The van der Waals surface area contributed by atoms with Crippen LogP contribution < -0.4 is 0 Å². The molecule has 0 aliphatic rings. The van der Waals surface area contributed by atoms with Gasteiger partial charge in [-0.3, -0.25) is 0 Å². The topological polar surface area (TPSA) is 26.0 Å². The Morgan fingerprint density at radius 2 is 0.709 bits per heavy atom. The Bertz CT molecular complexity index is 3200. The lowest BCUT2D eigenvalue weighted by Gasteiger charge is -2.12. The molecule has 11 aromatic rings. The van der Waals surface area contributed by atoms with Crippen LogP contribution in [0.25, 0.3) is 110 Å². The van der Waals surface area contributed by atoms with Gasteiger partial charge in [0.05, 0.1) is 11.2 Å². The molecule has 0 amide bonds. The van der Waals surface area contributed by atoms with Crippen molar-refractivity contribution in [3.05, 3.63) is 200 Å².